The number of hydrogen-bond acceptors (Lipinski definition) is 3. The number of amides is 3. The lowest BCUT2D eigenvalue weighted by molar-refractivity contribution is -0.136. The molecule has 6 nitrogen and oxygen atoms in total. The molecule has 0 bridgehead atoms. The second-order valence-electron chi connectivity index (χ2n) is 8.72. The molecule has 164 valence electrons. The van der Waals surface area contributed by atoms with E-state index in [4.69, 9.17) is 0 Å². The van der Waals surface area contributed by atoms with Crippen LogP contribution in [0.2, 0.25) is 0 Å². The van der Waals surface area contributed by atoms with Gasteiger partial charge in [-0.1, -0.05) is 38.0 Å². The third kappa shape index (κ3) is 5.61. The lowest BCUT2D eigenvalue weighted by atomic mass is 9.88. The van der Waals surface area contributed by atoms with Crippen molar-refractivity contribution in [2.45, 2.75) is 77.3 Å². The number of nitrogens with zero attached hydrogens (tertiary/aromatic N) is 1. The third-order valence-corrected chi connectivity index (χ3v) is 6.41. The Morgan fingerprint density at radius 3 is 2.40 bits per heavy atom. The maximum Gasteiger partial charge on any atom is 0.251 e. The minimum Gasteiger partial charge on any atom is -0.351 e. The summed E-state index contributed by atoms with van der Waals surface area (Å²) in [5, 5.41) is 6.37. The van der Waals surface area contributed by atoms with Crippen LogP contribution in [0.3, 0.4) is 0 Å². The van der Waals surface area contributed by atoms with Crippen molar-refractivity contribution in [3.05, 3.63) is 35.4 Å². The number of aryl methyl sites for hydroxylation is 1. The standard InChI is InChI=1S/C24H35N3O3/c1-3-9-22(28)27-15-8-11-18(16-27)23(29)25-20-13-6-7-14-21(20)26-24(30)19-12-5-4-10-17(19)2/h4-5,10,12,18,20-21H,3,6-9,11,13-16H2,1-2H3,(H,25,29)(H,26,30)/t18?,20-,21-/m1/s1. The Balaban J connectivity index is 1.59. The number of carbonyl (C=O) groups excluding carboxylic acids is 3. The number of piperidine rings is 1. The first-order valence-electron chi connectivity index (χ1n) is 11.4. The Morgan fingerprint density at radius 2 is 1.70 bits per heavy atom. The lowest BCUT2D eigenvalue weighted by Gasteiger charge is -2.36. The summed E-state index contributed by atoms with van der Waals surface area (Å²) < 4.78 is 0. The fourth-order valence-electron chi connectivity index (χ4n) is 4.64. The van der Waals surface area contributed by atoms with E-state index in [9.17, 15) is 14.4 Å². The monoisotopic (exact) mass is 413 g/mol. The number of carbonyl (C=O) groups is 3. The van der Waals surface area contributed by atoms with Gasteiger partial charge in [-0.25, -0.2) is 0 Å². The normalized spacial score (nSPS) is 24.2. The number of rotatable bonds is 6. The van der Waals surface area contributed by atoms with Gasteiger partial charge in [-0.2, -0.15) is 0 Å². The molecule has 1 aliphatic carbocycles. The molecule has 1 saturated heterocycles. The lowest BCUT2D eigenvalue weighted by Crippen LogP contribution is -2.55. The van der Waals surface area contributed by atoms with E-state index in [-0.39, 0.29) is 35.7 Å². The summed E-state index contributed by atoms with van der Waals surface area (Å²) in [5.41, 5.74) is 1.64. The molecule has 3 atom stereocenters. The summed E-state index contributed by atoms with van der Waals surface area (Å²) in [6, 6.07) is 7.46. The van der Waals surface area contributed by atoms with Gasteiger partial charge in [-0.3, -0.25) is 14.4 Å². The van der Waals surface area contributed by atoms with Crippen molar-refractivity contribution in [3.63, 3.8) is 0 Å². The van der Waals surface area contributed by atoms with Gasteiger partial charge < -0.3 is 15.5 Å². The van der Waals surface area contributed by atoms with E-state index in [1.54, 1.807) is 0 Å². The number of nitrogens with one attached hydrogen (secondary N) is 2. The minimum absolute atomic E-state index is 0.0195. The smallest absolute Gasteiger partial charge is 0.251 e. The predicted molar refractivity (Wildman–Crippen MR) is 117 cm³/mol. The molecule has 1 aromatic rings. The molecule has 30 heavy (non-hydrogen) atoms. The van der Waals surface area contributed by atoms with Crippen LogP contribution in [0.4, 0.5) is 0 Å². The highest BCUT2D eigenvalue weighted by molar-refractivity contribution is 5.95. The number of benzene rings is 1. The molecule has 0 radical (unpaired) electrons. The summed E-state index contributed by atoms with van der Waals surface area (Å²) in [5.74, 6) is -0.0652. The molecule has 0 aromatic heterocycles. The van der Waals surface area contributed by atoms with E-state index >= 15 is 0 Å². The first-order chi connectivity index (χ1) is 14.5. The Hall–Kier alpha value is -2.37. The highest BCUT2D eigenvalue weighted by atomic mass is 16.2. The first-order valence-corrected chi connectivity index (χ1v) is 11.4. The second-order valence-corrected chi connectivity index (χ2v) is 8.72. The van der Waals surface area contributed by atoms with Crippen LogP contribution in [0.5, 0.6) is 0 Å². The van der Waals surface area contributed by atoms with E-state index < -0.39 is 0 Å². The van der Waals surface area contributed by atoms with Crippen molar-refractivity contribution in [1.29, 1.82) is 0 Å². The summed E-state index contributed by atoms with van der Waals surface area (Å²) >= 11 is 0. The molecule has 6 heteroatoms. The Morgan fingerprint density at radius 1 is 1.00 bits per heavy atom. The van der Waals surface area contributed by atoms with E-state index in [0.29, 0.717) is 18.5 Å². The van der Waals surface area contributed by atoms with Crippen molar-refractivity contribution in [3.8, 4) is 0 Å². The van der Waals surface area contributed by atoms with Gasteiger partial charge in [0.25, 0.3) is 5.91 Å². The molecule has 3 rings (SSSR count). The second kappa shape index (κ2) is 10.6. The van der Waals surface area contributed by atoms with Crippen LogP contribution in [0.25, 0.3) is 0 Å². The largest absolute Gasteiger partial charge is 0.351 e. The van der Waals surface area contributed by atoms with Crippen molar-refractivity contribution in [2.24, 2.45) is 5.92 Å². The van der Waals surface area contributed by atoms with Gasteiger partial charge in [-0.15, -0.1) is 0 Å². The zero-order chi connectivity index (χ0) is 21.5. The molecule has 2 N–H and O–H groups in total. The van der Waals surface area contributed by atoms with E-state index in [2.05, 4.69) is 10.6 Å². The third-order valence-electron chi connectivity index (χ3n) is 6.41. The maximum atomic E-state index is 13.0. The summed E-state index contributed by atoms with van der Waals surface area (Å²) in [6.45, 7) is 5.20. The quantitative estimate of drug-likeness (QED) is 0.752. The summed E-state index contributed by atoms with van der Waals surface area (Å²) in [7, 11) is 0. The van der Waals surface area contributed by atoms with E-state index in [1.807, 2.05) is 43.0 Å². The molecule has 0 spiro atoms. The molecular weight excluding hydrogens is 378 g/mol. The van der Waals surface area contributed by atoms with Gasteiger partial charge in [0.15, 0.2) is 0 Å². The zero-order valence-corrected chi connectivity index (χ0v) is 18.3. The van der Waals surface area contributed by atoms with Crippen LogP contribution in [0, 0.1) is 12.8 Å². The van der Waals surface area contributed by atoms with Gasteiger partial charge in [-0.05, 0) is 50.7 Å². The molecule has 2 aliphatic rings. The first kappa shape index (κ1) is 22.3. The average Bonchev–Trinajstić information content (AvgIpc) is 2.75. The van der Waals surface area contributed by atoms with Crippen LogP contribution in [-0.4, -0.2) is 47.8 Å². The Labute approximate surface area is 179 Å². The minimum atomic E-state index is -0.158. The van der Waals surface area contributed by atoms with Crippen molar-refractivity contribution < 1.29 is 14.4 Å². The van der Waals surface area contributed by atoms with Crippen LogP contribution < -0.4 is 10.6 Å². The topological polar surface area (TPSA) is 78.5 Å². The molecule has 3 amide bonds. The molecule has 1 aromatic carbocycles. The fourth-order valence-corrected chi connectivity index (χ4v) is 4.64. The molecular formula is C24H35N3O3. The zero-order valence-electron chi connectivity index (χ0n) is 18.3. The van der Waals surface area contributed by atoms with E-state index in [0.717, 1.165) is 57.1 Å². The molecule has 1 unspecified atom stereocenters. The van der Waals surface area contributed by atoms with Crippen LogP contribution >= 0.6 is 0 Å². The number of likely N-dealkylation sites (tertiary alicyclic amines) is 1. The van der Waals surface area contributed by atoms with Crippen LogP contribution in [-0.2, 0) is 9.59 Å². The molecule has 2 fully saturated rings. The van der Waals surface area contributed by atoms with E-state index in [1.165, 1.54) is 0 Å². The maximum absolute atomic E-state index is 13.0. The van der Waals surface area contributed by atoms with Gasteiger partial charge in [0.1, 0.15) is 0 Å². The predicted octanol–water partition coefficient (Wildman–Crippen LogP) is 3.19. The Kier molecular flexibility index (Phi) is 7.88. The van der Waals surface area contributed by atoms with Crippen molar-refractivity contribution in [2.75, 3.05) is 13.1 Å². The summed E-state index contributed by atoms with van der Waals surface area (Å²) in [4.78, 5) is 39.8. The SMILES string of the molecule is CCCC(=O)N1CCCC(C(=O)N[C@@H]2CCCC[C@H]2NC(=O)c2ccccc2C)C1. The summed E-state index contributed by atoms with van der Waals surface area (Å²) in [6.07, 6.45) is 6.89. The highest BCUT2D eigenvalue weighted by Crippen LogP contribution is 2.22. The van der Waals surface area contributed by atoms with Crippen LogP contribution in [0.15, 0.2) is 24.3 Å². The van der Waals surface area contributed by atoms with Crippen LogP contribution in [0.1, 0.15) is 74.2 Å². The van der Waals surface area contributed by atoms with Gasteiger partial charge >= 0.3 is 0 Å². The average molecular weight is 414 g/mol. The molecule has 1 saturated carbocycles. The molecule has 1 heterocycles. The Bertz CT molecular complexity index is 764. The van der Waals surface area contributed by atoms with Gasteiger partial charge in [0, 0.05) is 37.2 Å². The van der Waals surface area contributed by atoms with Gasteiger partial charge in [0.2, 0.25) is 11.8 Å². The fraction of sp³-hybridized carbons (Fsp3) is 0.625. The van der Waals surface area contributed by atoms with Gasteiger partial charge in [0.05, 0.1) is 5.92 Å². The van der Waals surface area contributed by atoms with Crippen molar-refractivity contribution >= 4 is 17.7 Å². The highest BCUT2D eigenvalue weighted by Gasteiger charge is 2.33. The van der Waals surface area contributed by atoms with Crippen molar-refractivity contribution in [1.82, 2.24) is 15.5 Å². The molecule has 1 aliphatic heterocycles. The number of hydrogen-bond donors (Lipinski definition) is 2.